The summed E-state index contributed by atoms with van der Waals surface area (Å²) in [6, 6.07) is 31.3. The summed E-state index contributed by atoms with van der Waals surface area (Å²) in [7, 11) is 3.04. The second kappa shape index (κ2) is 29.6. The Morgan fingerprint density at radius 2 is 0.958 bits per heavy atom. The predicted octanol–water partition coefficient (Wildman–Crippen LogP) is 7.39. The van der Waals surface area contributed by atoms with E-state index in [1.54, 1.807) is 21.6 Å². The van der Waals surface area contributed by atoms with E-state index >= 15 is 0 Å². The second-order valence-electron chi connectivity index (χ2n) is 17.5. The molecule has 6 rings (SSSR count). The summed E-state index contributed by atoms with van der Waals surface area (Å²) in [6.45, 7) is 6.74. The molecule has 3 fully saturated rings. The Bertz CT molecular complexity index is 2020. The lowest BCUT2D eigenvalue weighted by atomic mass is 9.75. The normalized spacial score (nSPS) is 17.6. The molecule has 2 unspecified atom stereocenters. The third kappa shape index (κ3) is 16.7. The number of nitrogens with zero attached hydrogens (tertiary/aromatic N) is 4. The minimum Gasteiger partial charge on any atom is -0.462 e. The molecule has 2 heterocycles. The number of benzene rings is 3. The molecule has 5 amide bonds. The lowest BCUT2D eigenvalue weighted by Gasteiger charge is -2.48. The third-order valence-corrected chi connectivity index (χ3v) is 15.4. The molecular weight excluding hydrogens is 949 g/mol. The number of hydrogen-bond donors (Lipinski definition) is 2. The molecule has 71 heavy (non-hydrogen) atoms. The lowest BCUT2D eigenvalue weighted by molar-refractivity contribution is -0.147. The molecule has 2 aliphatic heterocycles. The van der Waals surface area contributed by atoms with Crippen LogP contribution in [0.4, 0.5) is 19.2 Å². The Labute approximate surface area is 425 Å². The maximum Gasteiger partial charge on any atom is 0.409 e. The molecule has 386 valence electrons. The van der Waals surface area contributed by atoms with Crippen LogP contribution in [0, 0.1) is 11.8 Å². The molecule has 0 radical (unpaired) electrons. The van der Waals surface area contributed by atoms with Crippen LogP contribution < -0.4 is 10.6 Å². The number of nitrogens with one attached hydrogen (secondary N) is 2. The Balaban J connectivity index is 0.783. The van der Waals surface area contributed by atoms with Crippen molar-refractivity contribution in [3.63, 3.8) is 0 Å². The summed E-state index contributed by atoms with van der Waals surface area (Å²) in [4.78, 5) is 82.6. The molecule has 2 N–H and O–H groups in total. The maximum atomic E-state index is 13.1. The Morgan fingerprint density at radius 1 is 0.521 bits per heavy atom. The molecule has 19 heteroatoms. The van der Waals surface area contributed by atoms with Crippen LogP contribution in [0.3, 0.4) is 0 Å². The van der Waals surface area contributed by atoms with Crippen molar-refractivity contribution in [1.82, 2.24) is 30.2 Å². The first-order valence-corrected chi connectivity index (χ1v) is 27.4. The molecule has 0 aromatic heterocycles. The van der Waals surface area contributed by atoms with Gasteiger partial charge in [0.05, 0.1) is 18.6 Å². The number of carbonyl (C=O) groups is 6. The van der Waals surface area contributed by atoms with E-state index in [2.05, 4.69) is 88.3 Å². The number of esters is 1. The highest BCUT2D eigenvalue weighted by Crippen LogP contribution is 2.43. The Kier molecular flexibility index (Phi) is 22.8. The van der Waals surface area contributed by atoms with Crippen molar-refractivity contribution in [2.45, 2.75) is 57.4 Å². The van der Waals surface area contributed by atoms with Crippen LogP contribution in [0.1, 0.15) is 68.6 Å². The summed E-state index contributed by atoms with van der Waals surface area (Å²) in [5.41, 5.74) is 2.84. The molecule has 1 aliphatic carbocycles. The Morgan fingerprint density at radius 3 is 1.46 bits per heavy atom. The van der Waals surface area contributed by atoms with Crippen molar-refractivity contribution in [1.29, 1.82) is 0 Å². The molecule has 2 atom stereocenters. The van der Waals surface area contributed by atoms with Crippen LogP contribution in [0.15, 0.2) is 91.0 Å². The van der Waals surface area contributed by atoms with E-state index in [9.17, 15) is 28.8 Å². The van der Waals surface area contributed by atoms with Gasteiger partial charge in [-0.15, -0.1) is 0 Å². The van der Waals surface area contributed by atoms with Crippen LogP contribution in [0.2, 0.25) is 0 Å². The zero-order valence-corrected chi connectivity index (χ0v) is 42.5. The van der Waals surface area contributed by atoms with Gasteiger partial charge in [0.25, 0.3) is 0 Å². The van der Waals surface area contributed by atoms with Gasteiger partial charge in [-0.1, -0.05) is 132 Å². The second-order valence-corrected chi connectivity index (χ2v) is 20.2. The van der Waals surface area contributed by atoms with Crippen molar-refractivity contribution in [2.75, 3.05) is 110 Å². The summed E-state index contributed by atoms with van der Waals surface area (Å²) in [6.07, 6.45) is 3.38. The summed E-state index contributed by atoms with van der Waals surface area (Å²) >= 11 is 0. The lowest BCUT2D eigenvalue weighted by Crippen LogP contribution is -2.57. The van der Waals surface area contributed by atoms with Gasteiger partial charge >= 0.3 is 30.3 Å². The fraction of sp³-hybridized carbons (Fsp3) is 0.538. The summed E-state index contributed by atoms with van der Waals surface area (Å²) in [5, 5.41) is 5.73. The fourth-order valence-electron chi connectivity index (χ4n) is 9.46. The molecule has 1 saturated carbocycles. The van der Waals surface area contributed by atoms with E-state index in [1.807, 2.05) is 18.2 Å². The van der Waals surface area contributed by atoms with E-state index in [0.29, 0.717) is 83.6 Å². The molecule has 3 aromatic rings. The van der Waals surface area contributed by atoms with Crippen molar-refractivity contribution in [3.8, 4) is 0 Å². The molecule has 0 bridgehead atoms. The van der Waals surface area contributed by atoms with E-state index in [4.69, 9.17) is 23.7 Å². The number of piperazine rings is 2. The standard InChI is InChI=1S/C52H70N6O11S2/c1-2-65-48(61)53-39-41-15-7-3-8-16-42(41)40-54-49(62)67-35-37-70-71-38-36-69-51(64)56-27-25-55(26-28-56)46(59)23-24-47(60)66-33-34-68-50(63)57-29-31-58(32-30-57)52(43-17-9-4-10-18-43,44-19-11-5-12-20-44)45-21-13-6-14-22-45/h4-6,9-14,17-22,41-42H,2-3,7-8,15-16,23-40H2,1H3,(H,53,61)(H,54,62). The number of rotatable bonds is 22. The highest BCUT2D eigenvalue weighted by molar-refractivity contribution is 8.76. The highest BCUT2D eigenvalue weighted by atomic mass is 33.1. The first kappa shape index (κ1) is 54.7. The SMILES string of the molecule is CCOC(=O)NCC1CCCCCC1CNC(=O)OCCSSCCOC(=O)N1CCN(C(=O)CCC(=O)OCCOC(=O)N2CCN(C(c3ccccc3)(c3ccccc3)c3ccccc3)CC2)CC1. The van der Waals surface area contributed by atoms with E-state index in [1.165, 1.54) is 21.6 Å². The number of alkyl carbamates (subject to hydrolysis) is 2. The largest absolute Gasteiger partial charge is 0.462 e. The topological polar surface area (TPSA) is 186 Å². The quantitative estimate of drug-likeness (QED) is 0.0254. The van der Waals surface area contributed by atoms with Gasteiger partial charge in [-0.05, 0) is 48.3 Å². The van der Waals surface area contributed by atoms with Crippen molar-refractivity contribution >= 4 is 57.8 Å². The smallest absolute Gasteiger partial charge is 0.409 e. The predicted molar refractivity (Wildman–Crippen MR) is 273 cm³/mol. The van der Waals surface area contributed by atoms with Crippen LogP contribution in [0.25, 0.3) is 0 Å². The number of ether oxygens (including phenoxy) is 5. The number of hydrogen-bond acceptors (Lipinski definition) is 14. The van der Waals surface area contributed by atoms with Crippen molar-refractivity contribution in [2.24, 2.45) is 11.8 Å². The maximum absolute atomic E-state index is 13.1. The molecule has 3 aliphatic rings. The zero-order chi connectivity index (χ0) is 50.1. The number of carbonyl (C=O) groups excluding carboxylic acids is 6. The van der Waals surface area contributed by atoms with E-state index in [0.717, 1.165) is 48.8 Å². The van der Waals surface area contributed by atoms with Gasteiger partial charge < -0.3 is 49.0 Å². The highest BCUT2D eigenvalue weighted by Gasteiger charge is 2.43. The number of amides is 5. The average molecular weight is 1020 g/mol. The van der Waals surface area contributed by atoms with Crippen LogP contribution >= 0.6 is 21.6 Å². The minimum absolute atomic E-state index is 0.0347. The minimum atomic E-state index is -0.573. The van der Waals surface area contributed by atoms with Gasteiger partial charge in [-0.25, -0.2) is 19.2 Å². The van der Waals surface area contributed by atoms with Gasteiger partial charge in [0.2, 0.25) is 5.91 Å². The van der Waals surface area contributed by atoms with Crippen LogP contribution in [-0.2, 0) is 38.8 Å². The van der Waals surface area contributed by atoms with E-state index in [-0.39, 0.29) is 57.0 Å². The molecular formula is C52H70N6O11S2. The third-order valence-electron chi connectivity index (χ3n) is 13.1. The van der Waals surface area contributed by atoms with Crippen molar-refractivity contribution in [3.05, 3.63) is 108 Å². The van der Waals surface area contributed by atoms with Gasteiger partial charge in [0.1, 0.15) is 26.4 Å². The van der Waals surface area contributed by atoms with Crippen LogP contribution in [0.5, 0.6) is 0 Å². The van der Waals surface area contributed by atoms with Crippen LogP contribution in [-0.4, -0.2) is 166 Å². The molecule has 17 nitrogen and oxygen atoms in total. The first-order chi connectivity index (χ1) is 34.7. The van der Waals surface area contributed by atoms with Crippen molar-refractivity contribution < 1.29 is 52.5 Å². The monoisotopic (exact) mass is 1020 g/mol. The van der Waals surface area contributed by atoms with Gasteiger partial charge in [0.15, 0.2) is 0 Å². The first-order valence-electron chi connectivity index (χ1n) is 24.9. The summed E-state index contributed by atoms with van der Waals surface area (Å²) < 4.78 is 26.6. The van der Waals surface area contributed by atoms with Gasteiger partial charge in [-0.2, -0.15) is 0 Å². The zero-order valence-electron chi connectivity index (χ0n) is 40.9. The van der Waals surface area contributed by atoms with Gasteiger partial charge in [0, 0.05) is 83.4 Å². The summed E-state index contributed by atoms with van der Waals surface area (Å²) in [5.74, 6) is 0.885. The molecule has 0 spiro atoms. The molecule has 3 aromatic carbocycles. The fourth-order valence-corrected chi connectivity index (χ4v) is 11.1. The average Bonchev–Trinajstić information content (AvgIpc) is 3.65. The molecule has 2 saturated heterocycles. The van der Waals surface area contributed by atoms with Gasteiger partial charge in [-0.3, -0.25) is 14.5 Å². The Hall–Kier alpha value is -5.66. The van der Waals surface area contributed by atoms with E-state index < -0.39 is 35.9 Å².